The van der Waals surface area contributed by atoms with E-state index in [2.05, 4.69) is 38.1 Å². The zero-order chi connectivity index (χ0) is 14.0. The monoisotopic (exact) mass is 260 g/mol. The van der Waals surface area contributed by atoms with Gasteiger partial charge in [0.1, 0.15) is 0 Å². The van der Waals surface area contributed by atoms with Crippen LogP contribution in [0.25, 0.3) is 0 Å². The molecule has 104 valence electrons. The lowest BCUT2D eigenvalue weighted by Crippen LogP contribution is -2.37. The van der Waals surface area contributed by atoms with Crippen molar-refractivity contribution < 1.29 is 4.79 Å². The van der Waals surface area contributed by atoms with Crippen molar-refractivity contribution in [1.82, 2.24) is 4.90 Å². The average Bonchev–Trinajstić information content (AvgIpc) is 2.71. The Bertz CT molecular complexity index is 456. The second kappa shape index (κ2) is 5.74. The van der Waals surface area contributed by atoms with Gasteiger partial charge in [-0.1, -0.05) is 24.3 Å². The number of aryl methyl sites for hydroxylation is 1. The summed E-state index contributed by atoms with van der Waals surface area (Å²) in [6.07, 6.45) is 1.50. The SMILES string of the molecule is Cc1ccccc1C1CC(C)N(C(=O)CC(C)N)C1. The number of carbonyl (C=O) groups excluding carboxylic acids is 1. The van der Waals surface area contributed by atoms with Crippen LogP contribution in [0.5, 0.6) is 0 Å². The predicted molar refractivity (Wildman–Crippen MR) is 78.0 cm³/mol. The van der Waals surface area contributed by atoms with Gasteiger partial charge in [0.2, 0.25) is 5.91 Å². The standard InChI is InChI=1S/C16H24N2O/c1-11-6-4-5-7-15(11)14-9-13(3)18(10-14)16(19)8-12(2)17/h4-7,12-14H,8-10,17H2,1-3H3. The van der Waals surface area contributed by atoms with E-state index in [4.69, 9.17) is 5.73 Å². The fourth-order valence-electron chi connectivity index (χ4n) is 3.04. The van der Waals surface area contributed by atoms with Gasteiger partial charge in [-0.05, 0) is 38.3 Å². The first-order valence-corrected chi connectivity index (χ1v) is 7.09. The fourth-order valence-corrected chi connectivity index (χ4v) is 3.04. The summed E-state index contributed by atoms with van der Waals surface area (Å²) in [6.45, 7) is 7.00. The molecule has 3 unspecified atom stereocenters. The van der Waals surface area contributed by atoms with Gasteiger partial charge in [-0.25, -0.2) is 0 Å². The molecule has 0 bridgehead atoms. The van der Waals surface area contributed by atoms with Crippen LogP contribution in [0.1, 0.15) is 43.7 Å². The summed E-state index contributed by atoms with van der Waals surface area (Å²) in [4.78, 5) is 14.2. The topological polar surface area (TPSA) is 46.3 Å². The highest BCUT2D eigenvalue weighted by Crippen LogP contribution is 2.33. The quantitative estimate of drug-likeness (QED) is 0.907. The van der Waals surface area contributed by atoms with Crippen LogP contribution in [-0.2, 0) is 4.79 Å². The molecular formula is C16H24N2O. The Balaban J connectivity index is 2.09. The molecule has 3 nitrogen and oxygen atoms in total. The van der Waals surface area contributed by atoms with Crippen molar-refractivity contribution in [1.29, 1.82) is 0 Å². The van der Waals surface area contributed by atoms with Crippen molar-refractivity contribution in [2.24, 2.45) is 5.73 Å². The number of nitrogens with zero attached hydrogens (tertiary/aromatic N) is 1. The normalized spacial score (nSPS) is 24.5. The van der Waals surface area contributed by atoms with Crippen LogP contribution in [0.2, 0.25) is 0 Å². The lowest BCUT2D eigenvalue weighted by Gasteiger charge is -2.22. The summed E-state index contributed by atoms with van der Waals surface area (Å²) in [5, 5.41) is 0. The molecule has 0 aromatic heterocycles. The van der Waals surface area contributed by atoms with Gasteiger partial charge in [-0.2, -0.15) is 0 Å². The minimum Gasteiger partial charge on any atom is -0.339 e. The Morgan fingerprint density at radius 2 is 2.16 bits per heavy atom. The van der Waals surface area contributed by atoms with Gasteiger partial charge in [0.25, 0.3) is 0 Å². The van der Waals surface area contributed by atoms with E-state index in [0.717, 1.165) is 13.0 Å². The predicted octanol–water partition coefficient (Wildman–Crippen LogP) is 2.44. The maximum Gasteiger partial charge on any atom is 0.224 e. The van der Waals surface area contributed by atoms with Gasteiger partial charge < -0.3 is 10.6 Å². The first-order valence-electron chi connectivity index (χ1n) is 7.09. The molecule has 1 heterocycles. The van der Waals surface area contributed by atoms with Crippen molar-refractivity contribution in [3.05, 3.63) is 35.4 Å². The number of nitrogens with two attached hydrogens (primary N) is 1. The maximum absolute atomic E-state index is 12.2. The Morgan fingerprint density at radius 1 is 1.47 bits per heavy atom. The number of benzene rings is 1. The third kappa shape index (κ3) is 3.16. The number of amides is 1. The van der Waals surface area contributed by atoms with E-state index in [1.165, 1.54) is 11.1 Å². The van der Waals surface area contributed by atoms with Gasteiger partial charge >= 0.3 is 0 Å². The van der Waals surface area contributed by atoms with E-state index in [-0.39, 0.29) is 11.9 Å². The Morgan fingerprint density at radius 3 is 2.79 bits per heavy atom. The molecule has 1 aliphatic heterocycles. The minimum atomic E-state index is -0.0581. The zero-order valence-corrected chi connectivity index (χ0v) is 12.1. The smallest absolute Gasteiger partial charge is 0.224 e. The van der Waals surface area contributed by atoms with Crippen LogP contribution in [-0.4, -0.2) is 29.4 Å². The van der Waals surface area contributed by atoms with Crippen LogP contribution >= 0.6 is 0 Å². The van der Waals surface area contributed by atoms with Crippen LogP contribution in [0.15, 0.2) is 24.3 Å². The van der Waals surface area contributed by atoms with E-state index in [9.17, 15) is 4.79 Å². The third-order valence-corrected chi connectivity index (χ3v) is 4.02. The van der Waals surface area contributed by atoms with Crippen molar-refractivity contribution >= 4 is 5.91 Å². The summed E-state index contributed by atoms with van der Waals surface area (Å²) < 4.78 is 0. The molecule has 1 aromatic rings. The maximum atomic E-state index is 12.2. The van der Waals surface area contributed by atoms with Crippen molar-refractivity contribution in [2.75, 3.05) is 6.54 Å². The highest BCUT2D eigenvalue weighted by atomic mass is 16.2. The van der Waals surface area contributed by atoms with Crippen molar-refractivity contribution in [3.63, 3.8) is 0 Å². The van der Waals surface area contributed by atoms with Crippen LogP contribution in [0.4, 0.5) is 0 Å². The number of hydrogen-bond acceptors (Lipinski definition) is 2. The van der Waals surface area contributed by atoms with Gasteiger partial charge in [0.15, 0.2) is 0 Å². The molecular weight excluding hydrogens is 236 g/mol. The average molecular weight is 260 g/mol. The van der Waals surface area contributed by atoms with Crippen LogP contribution in [0.3, 0.4) is 0 Å². The Hall–Kier alpha value is -1.35. The van der Waals surface area contributed by atoms with Gasteiger partial charge in [0, 0.05) is 31.0 Å². The third-order valence-electron chi connectivity index (χ3n) is 4.02. The molecule has 1 saturated heterocycles. The molecule has 0 saturated carbocycles. The van der Waals surface area contributed by atoms with E-state index in [1.807, 2.05) is 11.8 Å². The molecule has 3 heteroatoms. The van der Waals surface area contributed by atoms with Gasteiger partial charge in [0.05, 0.1) is 0 Å². The van der Waals surface area contributed by atoms with Crippen molar-refractivity contribution in [3.8, 4) is 0 Å². The lowest BCUT2D eigenvalue weighted by molar-refractivity contribution is -0.132. The molecule has 3 atom stereocenters. The molecule has 1 aliphatic rings. The highest BCUT2D eigenvalue weighted by molar-refractivity contribution is 5.77. The first kappa shape index (κ1) is 14.1. The van der Waals surface area contributed by atoms with E-state index in [0.29, 0.717) is 18.4 Å². The van der Waals surface area contributed by atoms with Gasteiger partial charge in [-0.15, -0.1) is 0 Å². The summed E-state index contributed by atoms with van der Waals surface area (Å²) in [6, 6.07) is 8.74. The first-order chi connectivity index (χ1) is 8.99. The molecule has 0 spiro atoms. The van der Waals surface area contributed by atoms with Gasteiger partial charge in [-0.3, -0.25) is 4.79 Å². The summed E-state index contributed by atoms with van der Waals surface area (Å²) in [5.74, 6) is 0.659. The second-order valence-corrected chi connectivity index (χ2v) is 5.87. The summed E-state index contributed by atoms with van der Waals surface area (Å²) in [5.41, 5.74) is 8.43. The zero-order valence-electron chi connectivity index (χ0n) is 12.1. The lowest BCUT2D eigenvalue weighted by atomic mass is 9.93. The molecule has 0 aliphatic carbocycles. The Labute approximate surface area is 115 Å². The van der Waals surface area contributed by atoms with Crippen LogP contribution in [0, 0.1) is 6.92 Å². The molecule has 2 rings (SSSR count). The minimum absolute atomic E-state index is 0.0581. The van der Waals surface area contributed by atoms with Crippen molar-refractivity contribution in [2.45, 2.75) is 51.6 Å². The molecule has 19 heavy (non-hydrogen) atoms. The molecule has 1 aromatic carbocycles. The number of rotatable bonds is 3. The molecule has 2 N–H and O–H groups in total. The second-order valence-electron chi connectivity index (χ2n) is 5.87. The number of carbonyl (C=O) groups is 1. The van der Waals surface area contributed by atoms with Crippen LogP contribution < -0.4 is 5.73 Å². The molecule has 1 fully saturated rings. The molecule has 0 radical (unpaired) electrons. The van der Waals surface area contributed by atoms with E-state index < -0.39 is 0 Å². The summed E-state index contributed by atoms with van der Waals surface area (Å²) >= 11 is 0. The Kier molecular flexibility index (Phi) is 4.25. The highest BCUT2D eigenvalue weighted by Gasteiger charge is 2.33. The van der Waals surface area contributed by atoms with E-state index >= 15 is 0 Å². The number of likely N-dealkylation sites (tertiary alicyclic amines) is 1. The fraction of sp³-hybridized carbons (Fsp3) is 0.562. The summed E-state index contributed by atoms with van der Waals surface area (Å²) in [7, 11) is 0. The largest absolute Gasteiger partial charge is 0.339 e. The number of hydrogen-bond donors (Lipinski definition) is 1. The molecule has 1 amide bonds. The van der Waals surface area contributed by atoms with E-state index in [1.54, 1.807) is 0 Å².